The minimum absolute atomic E-state index is 0.475. The Labute approximate surface area is 67.2 Å². The monoisotopic (exact) mass is 181 g/mol. The highest BCUT2D eigenvalue weighted by molar-refractivity contribution is 6.57. The van der Waals surface area contributed by atoms with Gasteiger partial charge in [0, 0.05) is 0 Å². The van der Waals surface area contributed by atoms with Gasteiger partial charge in [0.05, 0.1) is 12.8 Å². The van der Waals surface area contributed by atoms with Gasteiger partial charge in [-0.25, -0.2) is 13.6 Å². The Balaban J connectivity index is 0. The van der Waals surface area contributed by atoms with Crippen LogP contribution < -0.4 is 5.73 Å². The van der Waals surface area contributed by atoms with Gasteiger partial charge < -0.3 is 16.2 Å². The maximum Gasteiger partial charge on any atom is 0.355 e. The highest BCUT2D eigenvalue weighted by Crippen LogP contribution is 1.82. The van der Waals surface area contributed by atoms with Crippen LogP contribution in [0.2, 0.25) is 0 Å². The van der Waals surface area contributed by atoms with E-state index in [1.165, 1.54) is 0 Å². The molecule has 0 heterocycles. The van der Waals surface area contributed by atoms with Crippen molar-refractivity contribution in [2.45, 2.75) is 6.43 Å². The lowest BCUT2D eigenvalue weighted by atomic mass is 10.4. The summed E-state index contributed by atoms with van der Waals surface area (Å²) in [7, 11) is 0. The Bertz CT molecular complexity index is 172. The molecule has 7 heteroatoms. The third-order valence-electron chi connectivity index (χ3n) is 0.553. The molecule has 0 fully saturated rings. The van der Waals surface area contributed by atoms with Gasteiger partial charge >= 0.3 is 5.97 Å². The maximum atomic E-state index is 10.6. The number of aliphatic carboxylic acids is 1. The molecule has 70 valence electrons. The van der Waals surface area contributed by atoms with Crippen molar-refractivity contribution in [2.24, 2.45) is 5.73 Å². The van der Waals surface area contributed by atoms with Gasteiger partial charge in [-0.15, -0.1) is 0 Å². The lowest BCUT2D eigenvalue weighted by Crippen LogP contribution is -2.11. The van der Waals surface area contributed by atoms with Gasteiger partial charge in [0.15, 0.2) is 5.71 Å². The minimum Gasteiger partial charge on any atom is -0.476 e. The van der Waals surface area contributed by atoms with E-state index < -0.39 is 24.7 Å². The Hall–Kier alpha value is -1.37. The molecule has 0 spiro atoms. The van der Waals surface area contributed by atoms with Gasteiger partial charge in [-0.1, -0.05) is 0 Å². The van der Waals surface area contributed by atoms with Gasteiger partial charge in [-0.3, -0.25) is 5.41 Å². The van der Waals surface area contributed by atoms with Crippen molar-refractivity contribution in [1.29, 1.82) is 10.8 Å². The van der Waals surface area contributed by atoms with Gasteiger partial charge in [-0.2, -0.15) is 0 Å². The molecule has 0 atom stereocenters. The van der Waals surface area contributed by atoms with E-state index >= 15 is 0 Å². The fraction of sp³-hybridized carbons (Fsp3) is 0.400. The van der Waals surface area contributed by atoms with Crippen molar-refractivity contribution in [3.05, 3.63) is 0 Å². The Kier molecular flexibility index (Phi) is 8.53. The molecule has 0 aliphatic rings. The second-order valence-corrected chi connectivity index (χ2v) is 1.49. The number of nitrogens with two attached hydrogens (primary N) is 1. The van der Waals surface area contributed by atoms with Crippen molar-refractivity contribution < 1.29 is 18.7 Å². The Morgan fingerprint density at radius 1 is 1.67 bits per heavy atom. The lowest BCUT2D eigenvalue weighted by Gasteiger charge is -1.82. The van der Waals surface area contributed by atoms with Gasteiger partial charge in [0.1, 0.15) is 0 Å². The molecule has 0 amide bonds. The topological polar surface area (TPSA) is 111 Å². The predicted octanol–water partition coefficient (Wildman–Crippen LogP) is -0.0495. The van der Waals surface area contributed by atoms with Crippen LogP contribution in [0.15, 0.2) is 0 Å². The van der Waals surface area contributed by atoms with Crippen molar-refractivity contribution in [1.82, 2.24) is 0 Å². The summed E-state index contributed by atoms with van der Waals surface area (Å²) >= 11 is 0. The Morgan fingerprint density at radius 3 is 2.00 bits per heavy atom. The van der Waals surface area contributed by atoms with E-state index in [0.29, 0.717) is 6.21 Å². The van der Waals surface area contributed by atoms with E-state index in [1.807, 2.05) is 0 Å². The molecule has 5 nitrogen and oxygen atoms in total. The number of nitrogens with one attached hydrogen (secondary N) is 2. The average molecular weight is 181 g/mol. The van der Waals surface area contributed by atoms with Gasteiger partial charge in [0.25, 0.3) is 6.43 Å². The number of halogens is 2. The van der Waals surface area contributed by atoms with E-state index in [2.05, 4.69) is 5.73 Å². The molecule has 0 aliphatic carbocycles. The second kappa shape index (κ2) is 7.73. The number of rotatable bonds is 3. The zero-order valence-electron chi connectivity index (χ0n) is 6.05. The van der Waals surface area contributed by atoms with Crippen LogP contribution in [0.3, 0.4) is 0 Å². The quantitative estimate of drug-likeness (QED) is 0.458. The number of carboxylic acids is 1. The van der Waals surface area contributed by atoms with Crippen LogP contribution >= 0.6 is 0 Å². The van der Waals surface area contributed by atoms with Crippen LogP contribution in [-0.2, 0) is 4.79 Å². The first kappa shape index (κ1) is 13.2. The summed E-state index contributed by atoms with van der Waals surface area (Å²) in [6.07, 6.45) is -1.86. The summed E-state index contributed by atoms with van der Waals surface area (Å²) in [5.41, 5.74) is 3.73. The minimum atomic E-state index is -2.34. The smallest absolute Gasteiger partial charge is 0.355 e. The first-order chi connectivity index (χ1) is 5.45. The highest BCUT2D eigenvalue weighted by Gasteiger charge is 1.98. The molecule has 12 heavy (non-hydrogen) atoms. The third-order valence-corrected chi connectivity index (χ3v) is 0.553. The van der Waals surface area contributed by atoms with Crippen LogP contribution in [0, 0.1) is 10.8 Å². The third kappa shape index (κ3) is 11.4. The zero-order chi connectivity index (χ0) is 10.1. The summed E-state index contributed by atoms with van der Waals surface area (Å²) in [6.45, 7) is -0.528. The van der Waals surface area contributed by atoms with E-state index in [1.54, 1.807) is 0 Å². The average Bonchev–Trinajstić information content (AvgIpc) is 2.04. The number of hydrogen-bond acceptors (Lipinski definition) is 4. The molecule has 0 radical (unpaired) electrons. The van der Waals surface area contributed by atoms with Crippen LogP contribution in [0.1, 0.15) is 0 Å². The molecule has 0 unspecified atom stereocenters. The SMILES string of the molecule is N=CC(=N)C(=O)O.NCC(F)F. The van der Waals surface area contributed by atoms with E-state index in [9.17, 15) is 13.6 Å². The first-order valence-corrected chi connectivity index (χ1v) is 2.76. The molecule has 0 rings (SSSR count). The summed E-state index contributed by atoms with van der Waals surface area (Å²) in [6, 6.07) is 0. The van der Waals surface area contributed by atoms with Crippen molar-refractivity contribution in [2.75, 3.05) is 6.54 Å². The normalized spacial score (nSPS) is 8.33. The molecular weight excluding hydrogens is 172 g/mol. The molecule has 0 aromatic carbocycles. The molecule has 5 N–H and O–H groups in total. The van der Waals surface area contributed by atoms with Crippen molar-refractivity contribution in [3.63, 3.8) is 0 Å². The summed E-state index contributed by atoms with van der Waals surface area (Å²) in [5, 5.41) is 20.4. The highest BCUT2D eigenvalue weighted by atomic mass is 19.3. The Morgan fingerprint density at radius 2 is 2.00 bits per heavy atom. The van der Waals surface area contributed by atoms with E-state index in [-0.39, 0.29) is 0 Å². The lowest BCUT2D eigenvalue weighted by molar-refractivity contribution is -0.129. The number of carbonyl (C=O) groups is 1. The van der Waals surface area contributed by atoms with Crippen molar-refractivity contribution in [3.8, 4) is 0 Å². The predicted molar refractivity (Wildman–Crippen MR) is 39.2 cm³/mol. The fourth-order valence-electron chi connectivity index (χ4n) is 0.0617. The molecule has 0 aromatic heterocycles. The number of alkyl halides is 2. The second-order valence-electron chi connectivity index (χ2n) is 1.49. The standard InChI is InChI=1S/C3H4N2O2.C2H5F2N/c4-1-2(5)3(6)7;3-2(4)1-5/h1,4-5H,(H,6,7);2H,1,5H2. The van der Waals surface area contributed by atoms with Gasteiger partial charge in [-0.05, 0) is 0 Å². The van der Waals surface area contributed by atoms with Crippen LogP contribution in [0.4, 0.5) is 8.78 Å². The molecule has 0 aromatic rings. The summed E-state index contributed by atoms with van der Waals surface area (Å²) in [4.78, 5) is 9.55. The molecule has 0 aliphatic heterocycles. The summed E-state index contributed by atoms with van der Waals surface area (Å²) in [5.74, 6) is -1.37. The number of carboxylic acid groups (broad SMARTS) is 1. The molecular formula is C5H9F2N3O2. The van der Waals surface area contributed by atoms with Crippen LogP contribution in [-0.4, -0.2) is 36.0 Å². The first-order valence-electron chi connectivity index (χ1n) is 2.76. The van der Waals surface area contributed by atoms with E-state index in [0.717, 1.165) is 0 Å². The van der Waals surface area contributed by atoms with Crippen LogP contribution in [0.25, 0.3) is 0 Å². The number of hydrogen-bond donors (Lipinski definition) is 4. The molecule has 0 bridgehead atoms. The molecule has 0 saturated carbocycles. The fourth-order valence-corrected chi connectivity index (χ4v) is 0.0617. The largest absolute Gasteiger partial charge is 0.476 e. The summed E-state index contributed by atoms with van der Waals surface area (Å²) < 4.78 is 21.3. The van der Waals surface area contributed by atoms with Gasteiger partial charge in [0.2, 0.25) is 0 Å². The van der Waals surface area contributed by atoms with E-state index in [4.69, 9.17) is 15.9 Å². The van der Waals surface area contributed by atoms with Crippen molar-refractivity contribution >= 4 is 17.9 Å². The molecule has 0 saturated heterocycles. The van der Waals surface area contributed by atoms with Crippen LogP contribution in [0.5, 0.6) is 0 Å². The maximum absolute atomic E-state index is 10.6. The zero-order valence-corrected chi connectivity index (χ0v) is 6.05.